The number of carbonyl (C=O) groups excluding carboxylic acids is 1. The first kappa shape index (κ1) is 9.88. The molecule has 4 nitrogen and oxygen atoms in total. The summed E-state index contributed by atoms with van der Waals surface area (Å²) in [5.74, 6) is 0. The first-order chi connectivity index (χ1) is 6.10. The quantitative estimate of drug-likeness (QED) is 0.717. The molecule has 1 aromatic carbocycles. The molecule has 13 heavy (non-hydrogen) atoms. The summed E-state index contributed by atoms with van der Waals surface area (Å²) >= 11 is 0. The summed E-state index contributed by atoms with van der Waals surface area (Å²) in [4.78, 5) is 10.4. The fraction of sp³-hybridized carbons (Fsp3) is 0.125. The van der Waals surface area contributed by atoms with E-state index in [-0.39, 0.29) is 4.90 Å². The van der Waals surface area contributed by atoms with Gasteiger partial charge in [-0.25, -0.2) is 13.1 Å². The molecule has 1 aromatic rings. The van der Waals surface area contributed by atoms with E-state index in [1.165, 1.54) is 31.3 Å². The smallest absolute Gasteiger partial charge is 0.240 e. The van der Waals surface area contributed by atoms with E-state index >= 15 is 0 Å². The molecule has 1 rings (SSSR count). The van der Waals surface area contributed by atoms with Gasteiger partial charge >= 0.3 is 0 Å². The van der Waals surface area contributed by atoms with E-state index in [4.69, 9.17) is 0 Å². The Morgan fingerprint density at radius 1 is 1.23 bits per heavy atom. The SMILES string of the molecule is CNS(=O)(=O)c1ccc(C=O)cc1. The van der Waals surface area contributed by atoms with Crippen LogP contribution in [0.15, 0.2) is 29.2 Å². The van der Waals surface area contributed by atoms with E-state index in [0.29, 0.717) is 11.8 Å². The molecule has 5 heteroatoms. The van der Waals surface area contributed by atoms with Gasteiger partial charge in [0.15, 0.2) is 0 Å². The molecule has 0 unspecified atom stereocenters. The highest BCUT2D eigenvalue weighted by Crippen LogP contribution is 2.08. The van der Waals surface area contributed by atoms with Gasteiger partial charge in [-0.1, -0.05) is 12.1 Å². The van der Waals surface area contributed by atoms with Crippen LogP contribution in [0.25, 0.3) is 0 Å². The van der Waals surface area contributed by atoms with Crippen LogP contribution in [0.5, 0.6) is 0 Å². The van der Waals surface area contributed by atoms with Crippen molar-refractivity contribution in [2.45, 2.75) is 4.90 Å². The molecular weight excluding hydrogens is 190 g/mol. The van der Waals surface area contributed by atoms with Gasteiger partial charge in [0.1, 0.15) is 6.29 Å². The van der Waals surface area contributed by atoms with Crippen LogP contribution >= 0.6 is 0 Å². The first-order valence-corrected chi connectivity index (χ1v) is 5.07. The van der Waals surface area contributed by atoms with Gasteiger partial charge in [0.2, 0.25) is 10.0 Å². The van der Waals surface area contributed by atoms with E-state index < -0.39 is 10.0 Å². The third-order valence-electron chi connectivity index (χ3n) is 1.60. The minimum Gasteiger partial charge on any atom is -0.298 e. The number of hydrogen-bond donors (Lipinski definition) is 1. The van der Waals surface area contributed by atoms with Gasteiger partial charge in [0.25, 0.3) is 0 Å². The Bertz CT molecular complexity index is 394. The van der Waals surface area contributed by atoms with Crippen LogP contribution < -0.4 is 4.72 Å². The van der Waals surface area contributed by atoms with Crippen LogP contribution in [-0.2, 0) is 10.0 Å². The van der Waals surface area contributed by atoms with Crippen LogP contribution in [-0.4, -0.2) is 21.8 Å². The van der Waals surface area contributed by atoms with E-state index in [2.05, 4.69) is 4.72 Å². The van der Waals surface area contributed by atoms with Gasteiger partial charge in [0.05, 0.1) is 4.90 Å². The van der Waals surface area contributed by atoms with Crippen LogP contribution in [0.4, 0.5) is 0 Å². The molecule has 0 amide bonds. The molecular formula is C8H9NO3S. The van der Waals surface area contributed by atoms with Gasteiger partial charge in [-0.2, -0.15) is 0 Å². The highest BCUT2D eigenvalue weighted by atomic mass is 32.2. The Balaban J connectivity index is 3.13. The van der Waals surface area contributed by atoms with Gasteiger partial charge in [-0.15, -0.1) is 0 Å². The van der Waals surface area contributed by atoms with Crippen molar-refractivity contribution in [1.29, 1.82) is 0 Å². The van der Waals surface area contributed by atoms with Crippen molar-refractivity contribution in [1.82, 2.24) is 4.72 Å². The number of sulfonamides is 1. The molecule has 0 fully saturated rings. The molecule has 0 spiro atoms. The van der Waals surface area contributed by atoms with E-state index in [1.807, 2.05) is 0 Å². The second-order valence-electron chi connectivity index (χ2n) is 2.39. The highest BCUT2D eigenvalue weighted by Gasteiger charge is 2.09. The third-order valence-corrected chi connectivity index (χ3v) is 3.03. The molecule has 0 radical (unpaired) electrons. The Kier molecular flexibility index (Phi) is 2.79. The molecule has 0 aliphatic carbocycles. The zero-order valence-electron chi connectivity index (χ0n) is 7.02. The summed E-state index contributed by atoms with van der Waals surface area (Å²) in [5.41, 5.74) is 0.454. The lowest BCUT2D eigenvalue weighted by Crippen LogP contribution is -2.18. The van der Waals surface area contributed by atoms with Gasteiger partial charge in [0, 0.05) is 5.56 Å². The van der Waals surface area contributed by atoms with E-state index in [9.17, 15) is 13.2 Å². The Hall–Kier alpha value is -1.20. The zero-order chi connectivity index (χ0) is 9.90. The minimum atomic E-state index is -3.39. The summed E-state index contributed by atoms with van der Waals surface area (Å²) < 4.78 is 24.6. The Morgan fingerprint density at radius 2 is 1.77 bits per heavy atom. The monoisotopic (exact) mass is 199 g/mol. The topological polar surface area (TPSA) is 63.2 Å². The summed E-state index contributed by atoms with van der Waals surface area (Å²) in [7, 11) is -2.05. The summed E-state index contributed by atoms with van der Waals surface area (Å²) in [6.07, 6.45) is 0.662. The van der Waals surface area contributed by atoms with Crippen molar-refractivity contribution in [2.24, 2.45) is 0 Å². The standard InChI is InChI=1S/C8H9NO3S/c1-9-13(11,12)8-4-2-7(6-10)3-5-8/h2-6,9H,1H3. The molecule has 0 saturated heterocycles. The summed E-state index contributed by atoms with van der Waals surface area (Å²) in [5, 5.41) is 0. The maximum atomic E-state index is 11.2. The molecule has 0 aliphatic rings. The minimum absolute atomic E-state index is 0.153. The van der Waals surface area contributed by atoms with E-state index in [0.717, 1.165) is 0 Å². The fourth-order valence-electron chi connectivity index (χ4n) is 0.843. The first-order valence-electron chi connectivity index (χ1n) is 3.59. The molecule has 0 aromatic heterocycles. The summed E-state index contributed by atoms with van der Waals surface area (Å²) in [6, 6.07) is 5.68. The van der Waals surface area contributed by atoms with Crippen LogP contribution in [0, 0.1) is 0 Å². The molecule has 0 atom stereocenters. The van der Waals surface area contributed by atoms with Crippen molar-refractivity contribution in [3.05, 3.63) is 29.8 Å². The molecule has 70 valence electrons. The lowest BCUT2D eigenvalue weighted by Gasteiger charge is -2.01. The molecule has 0 aliphatic heterocycles. The van der Waals surface area contributed by atoms with Crippen molar-refractivity contribution in [2.75, 3.05) is 7.05 Å². The molecule has 0 saturated carbocycles. The maximum Gasteiger partial charge on any atom is 0.240 e. The van der Waals surface area contributed by atoms with Crippen molar-refractivity contribution >= 4 is 16.3 Å². The number of carbonyl (C=O) groups is 1. The van der Waals surface area contributed by atoms with Crippen molar-refractivity contribution in [3.8, 4) is 0 Å². The molecule has 0 bridgehead atoms. The van der Waals surface area contributed by atoms with Gasteiger partial charge in [-0.3, -0.25) is 4.79 Å². The number of aldehydes is 1. The molecule has 1 N–H and O–H groups in total. The average Bonchev–Trinajstić information content (AvgIpc) is 2.18. The average molecular weight is 199 g/mol. The molecule has 0 heterocycles. The maximum absolute atomic E-state index is 11.2. The van der Waals surface area contributed by atoms with Crippen molar-refractivity contribution < 1.29 is 13.2 Å². The number of benzene rings is 1. The second-order valence-corrected chi connectivity index (χ2v) is 4.28. The lowest BCUT2D eigenvalue weighted by molar-refractivity contribution is 0.112. The Labute approximate surface area is 76.6 Å². The van der Waals surface area contributed by atoms with Crippen LogP contribution in [0.3, 0.4) is 0 Å². The predicted molar refractivity (Wildman–Crippen MR) is 48.1 cm³/mol. The van der Waals surface area contributed by atoms with Crippen molar-refractivity contribution in [3.63, 3.8) is 0 Å². The van der Waals surface area contributed by atoms with Gasteiger partial charge < -0.3 is 0 Å². The number of hydrogen-bond acceptors (Lipinski definition) is 3. The largest absolute Gasteiger partial charge is 0.298 e. The predicted octanol–water partition coefficient (Wildman–Crippen LogP) is 0.407. The second kappa shape index (κ2) is 3.68. The highest BCUT2D eigenvalue weighted by molar-refractivity contribution is 7.89. The van der Waals surface area contributed by atoms with Gasteiger partial charge in [-0.05, 0) is 19.2 Å². The zero-order valence-corrected chi connectivity index (χ0v) is 7.84. The fourth-order valence-corrected chi connectivity index (χ4v) is 1.57. The third kappa shape index (κ3) is 2.13. The number of rotatable bonds is 3. The van der Waals surface area contributed by atoms with E-state index in [1.54, 1.807) is 0 Å². The van der Waals surface area contributed by atoms with Crippen LogP contribution in [0.2, 0.25) is 0 Å². The Morgan fingerprint density at radius 3 is 2.15 bits per heavy atom. The number of nitrogens with one attached hydrogen (secondary N) is 1. The normalized spacial score (nSPS) is 11.2. The lowest BCUT2D eigenvalue weighted by atomic mass is 10.2. The summed E-state index contributed by atoms with van der Waals surface area (Å²) in [6.45, 7) is 0. The van der Waals surface area contributed by atoms with Crippen LogP contribution in [0.1, 0.15) is 10.4 Å².